The summed E-state index contributed by atoms with van der Waals surface area (Å²) in [4.78, 5) is 0. The lowest BCUT2D eigenvalue weighted by atomic mass is 9.88. The minimum absolute atomic E-state index is 0.184. The van der Waals surface area contributed by atoms with Gasteiger partial charge in [0.2, 0.25) is 0 Å². The van der Waals surface area contributed by atoms with Gasteiger partial charge in [-0.05, 0) is 25.7 Å². The third-order valence-electron chi connectivity index (χ3n) is 4.06. The maximum Gasteiger partial charge on any atom is 0.147 e. The van der Waals surface area contributed by atoms with Gasteiger partial charge in [0, 0.05) is 6.54 Å². The van der Waals surface area contributed by atoms with Crippen molar-refractivity contribution in [3.63, 3.8) is 0 Å². The number of hydrogen-bond donors (Lipinski definition) is 0. The van der Waals surface area contributed by atoms with Crippen molar-refractivity contribution in [1.82, 2.24) is 14.8 Å². The van der Waals surface area contributed by atoms with Crippen molar-refractivity contribution in [3.05, 3.63) is 11.6 Å². The van der Waals surface area contributed by atoms with Gasteiger partial charge in [0.05, 0.1) is 24.0 Å². The number of nitrogens with zero attached hydrogens (tertiary/aromatic N) is 3. The van der Waals surface area contributed by atoms with E-state index in [1.807, 2.05) is 0 Å². The van der Waals surface area contributed by atoms with Crippen molar-refractivity contribution in [2.75, 3.05) is 0 Å². The molecule has 4 unspecified atom stereocenters. The second-order valence-corrected chi connectivity index (χ2v) is 6.31. The Morgan fingerprint density at radius 2 is 1.89 bits per heavy atom. The van der Waals surface area contributed by atoms with Crippen LogP contribution >= 0.6 is 11.6 Å². The highest BCUT2D eigenvalue weighted by Gasteiger charge is 2.41. The molecule has 5 heteroatoms. The highest BCUT2D eigenvalue weighted by atomic mass is 35.5. The van der Waals surface area contributed by atoms with E-state index in [-0.39, 0.29) is 12.2 Å². The van der Waals surface area contributed by atoms with E-state index in [1.165, 1.54) is 0 Å². The van der Waals surface area contributed by atoms with Crippen molar-refractivity contribution in [2.45, 2.75) is 65.2 Å². The molecular weight excluding hydrogens is 262 g/mol. The van der Waals surface area contributed by atoms with Gasteiger partial charge in [0.15, 0.2) is 0 Å². The maximum absolute atomic E-state index is 5.98. The summed E-state index contributed by atoms with van der Waals surface area (Å²) in [6.07, 6.45) is 0.451. The molecule has 0 radical (unpaired) electrons. The van der Waals surface area contributed by atoms with E-state index in [0.29, 0.717) is 23.6 Å². The fourth-order valence-electron chi connectivity index (χ4n) is 2.97. The number of hydrogen-bond acceptors (Lipinski definition) is 3. The summed E-state index contributed by atoms with van der Waals surface area (Å²) >= 11 is 5.98. The molecule has 0 saturated carbocycles. The van der Waals surface area contributed by atoms with E-state index in [1.54, 1.807) is 0 Å². The third-order valence-corrected chi connectivity index (χ3v) is 4.30. The third kappa shape index (κ3) is 2.79. The fraction of sp³-hybridized carbons (Fsp3) is 0.857. The van der Waals surface area contributed by atoms with Gasteiger partial charge in [-0.3, -0.25) is 0 Å². The second-order valence-electron chi connectivity index (χ2n) is 6.04. The van der Waals surface area contributed by atoms with Crippen LogP contribution in [0, 0.1) is 11.8 Å². The summed E-state index contributed by atoms with van der Waals surface area (Å²) in [5.74, 6) is 3.61. The molecule has 0 amide bonds. The van der Waals surface area contributed by atoms with Crippen LogP contribution in [0.2, 0.25) is 0 Å². The van der Waals surface area contributed by atoms with Crippen LogP contribution in [0.15, 0.2) is 0 Å². The van der Waals surface area contributed by atoms with Crippen LogP contribution in [-0.4, -0.2) is 27.0 Å². The van der Waals surface area contributed by atoms with Crippen LogP contribution in [0.3, 0.4) is 0 Å². The van der Waals surface area contributed by atoms with Gasteiger partial charge in [0.25, 0.3) is 0 Å². The van der Waals surface area contributed by atoms with Crippen molar-refractivity contribution in [3.8, 4) is 0 Å². The van der Waals surface area contributed by atoms with E-state index in [9.17, 15) is 0 Å². The summed E-state index contributed by atoms with van der Waals surface area (Å²) < 4.78 is 8.12. The molecule has 0 aromatic carbocycles. The van der Waals surface area contributed by atoms with Crippen LogP contribution in [0.1, 0.15) is 52.2 Å². The Bertz CT molecular complexity index is 432. The van der Waals surface area contributed by atoms with Gasteiger partial charge in [-0.1, -0.05) is 20.8 Å². The molecule has 1 aromatic heterocycles. The summed E-state index contributed by atoms with van der Waals surface area (Å²) in [6, 6.07) is 0. The van der Waals surface area contributed by atoms with Gasteiger partial charge in [0.1, 0.15) is 11.6 Å². The Kier molecular flexibility index (Phi) is 4.51. The first-order valence-corrected chi connectivity index (χ1v) is 7.62. The first-order valence-electron chi connectivity index (χ1n) is 7.09. The topological polar surface area (TPSA) is 39.9 Å². The van der Waals surface area contributed by atoms with E-state index >= 15 is 0 Å². The Hall–Kier alpha value is -0.610. The lowest BCUT2D eigenvalue weighted by Gasteiger charge is -2.20. The number of rotatable bonds is 4. The van der Waals surface area contributed by atoms with Gasteiger partial charge in [-0.25, -0.2) is 0 Å². The zero-order valence-corrected chi connectivity index (χ0v) is 13.2. The molecule has 1 aliphatic heterocycles. The average Bonchev–Trinajstić information content (AvgIpc) is 2.81. The molecule has 1 fully saturated rings. The van der Waals surface area contributed by atoms with E-state index in [2.05, 4.69) is 49.4 Å². The van der Waals surface area contributed by atoms with Crippen molar-refractivity contribution in [2.24, 2.45) is 11.8 Å². The number of ether oxygens (including phenoxy) is 1. The Morgan fingerprint density at radius 3 is 2.37 bits per heavy atom. The highest BCUT2D eigenvalue weighted by molar-refractivity contribution is 6.16. The molecule has 108 valence electrons. The summed E-state index contributed by atoms with van der Waals surface area (Å²) in [5, 5.41) is 8.66. The smallest absolute Gasteiger partial charge is 0.147 e. The minimum atomic E-state index is 0.184. The van der Waals surface area contributed by atoms with Crippen molar-refractivity contribution < 1.29 is 4.74 Å². The molecule has 4 atom stereocenters. The molecule has 1 saturated heterocycles. The predicted molar refractivity (Wildman–Crippen MR) is 76.3 cm³/mol. The molecule has 1 aromatic rings. The van der Waals surface area contributed by atoms with Gasteiger partial charge < -0.3 is 9.30 Å². The quantitative estimate of drug-likeness (QED) is 0.798. The summed E-state index contributed by atoms with van der Waals surface area (Å²) in [6.45, 7) is 11.8. The molecule has 1 aliphatic rings. The number of alkyl halides is 1. The second kappa shape index (κ2) is 5.80. The normalized spacial score (nSPS) is 31.3. The molecule has 4 nitrogen and oxygen atoms in total. The zero-order valence-electron chi connectivity index (χ0n) is 12.4. The zero-order chi connectivity index (χ0) is 14.2. The van der Waals surface area contributed by atoms with Gasteiger partial charge in [-0.15, -0.1) is 21.8 Å². The van der Waals surface area contributed by atoms with E-state index in [4.69, 9.17) is 16.3 Å². The van der Waals surface area contributed by atoms with E-state index in [0.717, 1.165) is 18.2 Å². The first kappa shape index (κ1) is 14.8. The van der Waals surface area contributed by atoms with Crippen LogP contribution in [0.5, 0.6) is 0 Å². The summed E-state index contributed by atoms with van der Waals surface area (Å²) in [5.41, 5.74) is 0. The number of aromatic nitrogens is 3. The largest absolute Gasteiger partial charge is 0.374 e. The van der Waals surface area contributed by atoms with Crippen molar-refractivity contribution in [1.29, 1.82) is 0 Å². The average molecular weight is 286 g/mol. The van der Waals surface area contributed by atoms with Crippen LogP contribution in [0.4, 0.5) is 0 Å². The molecule has 19 heavy (non-hydrogen) atoms. The number of halogens is 1. The fourth-order valence-corrected chi connectivity index (χ4v) is 3.17. The molecule has 0 N–H and O–H groups in total. The van der Waals surface area contributed by atoms with Crippen molar-refractivity contribution >= 4 is 11.6 Å². The van der Waals surface area contributed by atoms with E-state index < -0.39 is 0 Å². The minimum Gasteiger partial charge on any atom is -0.374 e. The van der Waals surface area contributed by atoms with Gasteiger partial charge >= 0.3 is 0 Å². The maximum atomic E-state index is 5.98. The first-order chi connectivity index (χ1) is 8.95. The van der Waals surface area contributed by atoms with Crippen LogP contribution in [0.25, 0.3) is 0 Å². The Labute approximate surface area is 120 Å². The monoisotopic (exact) mass is 285 g/mol. The van der Waals surface area contributed by atoms with Crippen LogP contribution < -0.4 is 0 Å². The predicted octanol–water partition coefficient (Wildman–Crippen LogP) is 3.20. The van der Waals surface area contributed by atoms with Gasteiger partial charge in [-0.2, -0.15) is 0 Å². The standard InChI is InChI=1S/C14H24ClN3O/c1-8(2)7-18-12(6-15)16-17-14(18)13-9(3)10(4)19-11(13)5/h8-11,13H,6-7H2,1-5H3. The Balaban J connectivity index is 2.36. The summed E-state index contributed by atoms with van der Waals surface area (Å²) in [7, 11) is 0. The highest BCUT2D eigenvalue weighted by Crippen LogP contribution is 2.39. The molecule has 2 rings (SSSR count). The lowest BCUT2D eigenvalue weighted by molar-refractivity contribution is 0.0551. The molecule has 2 heterocycles. The lowest BCUT2D eigenvalue weighted by Crippen LogP contribution is -2.22. The SMILES string of the molecule is CC(C)Cn1c(CCl)nnc1C1C(C)OC(C)C1C. The van der Waals surface area contributed by atoms with Crippen LogP contribution in [-0.2, 0) is 17.2 Å². The molecule has 0 aliphatic carbocycles. The molecule has 0 spiro atoms. The Morgan fingerprint density at radius 1 is 1.21 bits per heavy atom. The molecular formula is C14H24ClN3O. The molecule has 0 bridgehead atoms.